The molecule has 0 atom stereocenters. The Morgan fingerprint density at radius 3 is 2.48 bits per heavy atom. The van der Waals surface area contributed by atoms with Crippen molar-refractivity contribution in [1.29, 1.82) is 0 Å². The molecule has 0 saturated carbocycles. The number of hydrogen-bond acceptors (Lipinski definition) is 6. The summed E-state index contributed by atoms with van der Waals surface area (Å²) >= 11 is 3.44. The van der Waals surface area contributed by atoms with Crippen LogP contribution < -0.4 is 9.47 Å². The Balaban J connectivity index is 1.30. The molecule has 0 N–H and O–H groups in total. The average molecular weight is 458 g/mol. The van der Waals surface area contributed by atoms with Crippen LogP contribution in [-0.2, 0) is 6.54 Å². The van der Waals surface area contributed by atoms with Crippen LogP contribution in [0, 0.1) is 0 Å². The summed E-state index contributed by atoms with van der Waals surface area (Å²) in [6, 6.07) is 15.7. The number of benzene rings is 2. The summed E-state index contributed by atoms with van der Waals surface area (Å²) in [6.07, 6.45) is 2.09. The van der Waals surface area contributed by atoms with Gasteiger partial charge in [0.05, 0.1) is 13.2 Å². The lowest BCUT2D eigenvalue weighted by Crippen LogP contribution is -2.37. The van der Waals surface area contributed by atoms with E-state index in [1.54, 1.807) is 0 Å². The summed E-state index contributed by atoms with van der Waals surface area (Å²) in [4.78, 5) is 2.33. The van der Waals surface area contributed by atoms with Gasteiger partial charge in [0.25, 0.3) is 0 Å². The van der Waals surface area contributed by atoms with E-state index in [0.29, 0.717) is 24.9 Å². The molecule has 0 amide bonds. The minimum absolute atomic E-state index is 0.189. The van der Waals surface area contributed by atoms with E-state index in [4.69, 9.17) is 13.9 Å². The summed E-state index contributed by atoms with van der Waals surface area (Å²) in [6.45, 7) is 5.13. The molecule has 1 saturated heterocycles. The molecular weight excluding hydrogens is 434 g/mol. The smallest absolute Gasteiger partial charge is 0.247 e. The van der Waals surface area contributed by atoms with Crippen LogP contribution >= 0.6 is 15.9 Å². The Bertz CT molecular complexity index is 921. The molecule has 0 aliphatic carbocycles. The second kappa shape index (κ2) is 9.41. The maximum Gasteiger partial charge on any atom is 0.247 e. The van der Waals surface area contributed by atoms with Crippen molar-refractivity contribution in [2.24, 2.45) is 0 Å². The molecule has 0 radical (unpaired) electrons. The van der Waals surface area contributed by atoms with Crippen molar-refractivity contribution in [1.82, 2.24) is 15.1 Å². The fourth-order valence-electron chi connectivity index (χ4n) is 3.40. The van der Waals surface area contributed by atoms with Crippen LogP contribution in [0.5, 0.6) is 11.5 Å². The molecule has 1 aliphatic rings. The molecule has 1 fully saturated rings. The van der Waals surface area contributed by atoms with Crippen LogP contribution in [0.2, 0.25) is 0 Å². The average Bonchev–Trinajstić information content (AvgIpc) is 3.20. The zero-order valence-electron chi connectivity index (χ0n) is 16.4. The van der Waals surface area contributed by atoms with Crippen molar-refractivity contribution in [3.8, 4) is 23.0 Å². The summed E-state index contributed by atoms with van der Waals surface area (Å²) in [5, 5.41) is 8.39. The number of halogens is 1. The molecule has 0 bridgehead atoms. The van der Waals surface area contributed by atoms with Crippen molar-refractivity contribution in [3.05, 3.63) is 58.9 Å². The third-order valence-electron chi connectivity index (χ3n) is 4.89. The molecule has 0 spiro atoms. The molecule has 3 aromatic rings. The van der Waals surface area contributed by atoms with Crippen LogP contribution in [-0.4, -0.2) is 40.9 Å². The lowest BCUT2D eigenvalue weighted by atomic mass is 10.1. The standard InChI is InChI=1S/C22H24BrN3O3/c1-2-27-19-5-3-4-6-20(19)28-18-11-13-26(14-12-18)15-21-24-25-22(29-21)16-7-9-17(23)10-8-16/h3-10,18H,2,11-15H2,1H3. The second-order valence-corrected chi connectivity index (χ2v) is 7.90. The molecule has 2 aromatic carbocycles. The molecular formula is C22H24BrN3O3. The van der Waals surface area contributed by atoms with Crippen LogP contribution in [0.25, 0.3) is 11.5 Å². The maximum absolute atomic E-state index is 6.20. The van der Waals surface area contributed by atoms with Gasteiger partial charge in [-0.15, -0.1) is 10.2 Å². The van der Waals surface area contributed by atoms with E-state index in [-0.39, 0.29) is 6.10 Å². The Labute approximate surface area is 179 Å². The predicted octanol–water partition coefficient (Wildman–Crippen LogP) is 4.94. The molecule has 7 heteroatoms. The van der Waals surface area contributed by atoms with Gasteiger partial charge in [0.15, 0.2) is 11.5 Å². The van der Waals surface area contributed by atoms with Crippen molar-refractivity contribution in [2.75, 3.05) is 19.7 Å². The van der Waals surface area contributed by atoms with E-state index in [1.165, 1.54) is 0 Å². The molecule has 0 unspecified atom stereocenters. The molecule has 1 aliphatic heterocycles. The zero-order chi connectivity index (χ0) is 20.1. The van der Waals surface area contributed by atoms with Crippen molar-refractivity contribution >= 4 is 15.9 Å². The van der Waals surface area contributed by atoms with Gasteiger partial charge in [-0.2, -0.15) is 0 Å². The Kier molecular flexibility index (Phi) is 6.46. The fourth-order valence-corrected chi connectivity index (χ4v) is 3.67. The van der Waals surface area contributed by atoms with Crippen molar-refractivity contribution < 1.29 is 13.9 Å². The first kappa shape index (κ1) is 19.9. The van der Waals surface area contributed by atoms with Gasteiger partial charge < -0.3 is 13.9 Å². The van der Waals surface area contributed by atoms with Gasteiger partial charge in [0.2, 0.25) is 11.8 Å². The lowest BCUT2D eigenvalue weighted by Gasteiger charge is -2.31. The SMILES string of the molecule is CCOc1ccccc1OC1CCN(Cc2nnc(-c3ccc(Br)cc3)o2)CC1. The van der Waals surface area contributed by atoms with E-state index >= 15 is 0 Å². The first-order valence-electron chi connectivity index (χ1n) is 9.90. The number of likely N-dealkylation sites (tertiary alicyclic amines) is 1. The van der Waals surface area contributed by atoms with E-state index in [2.05, 4.69) is 31.0 Å². The van der Waals surface area contributed by atoms with Crippen LogP contribution in [0.4, 0.5) is 0 Å². The summed E-state index contributed by atoms with van der Waals surface area (Å²) in [5.74, 6) is 2.83. The highest BCUT2D eigenvalue weighted by Gasteiger charge is 2.23. The Morgan fingerprint density at radius 1 is 1.03 bits per heavy atom. The molecule has 152 valence electrons. The van der Waals surface area contributed by atoms with Crippen LogP contribution in [0.3, 0.4) is 0 Å². The quantitative estimate of drug-likeness (QED) is 0.500. The van der Waals surface area contributed by atoms with Crippen LogP contribution in [0.15, 0.2) is 57.4 Å². The number of para-hydroxylation sites is 2. The fraction of sp³-hybridized carbons (Fsp3) is 0.364. The van der Waals surface area contributed by atoms with E-state index in [1.807, 2.05) is 55.5 Å². The van der Waals surface area contributed by atoms with E-state index in [9.17, 15) is 0 Å². The highest BCUT2D eigenvalue weighted by Crippen LogP contribution is 2.29. The molecule has 1 aromatic heterocycles. The van der Waals surface area contributed by atoms with E-state index in [0.717, 1.165) is 47.5 Å². The van der Waals surface area contributed by atoms with Crippen LogP contribution in [0.1, 0.15) is 25.7 Å². The molecule has 4 rings (SSSR count). The number of aromatic nitrogens is 2. The number of ether oxygens (including phenoxy) is 2. The second-order valence-electron chi connectivity index (χ2n) is 6.98. The number of rotatable bonds is 7. The largest absolute Gasteiger partial charge is 0.490 e. The summed E-state index contributed by atoms with van der Waals surface area (Å²) in [5.41, 5.74) is 0.923. The number of nitrogens with zero attached hydrogens (tertiary/aromatic N) is 3. The highest BCUT2D eigenvalue weighted by molar-refractivity contribution is 9.10. The van der Waals surface area contributed by atoms with Gasteiger partial charge in [-0.3, -0.25) is 4.90 Å². The third kappa shape index (κ3) is 5.16. The monoisotopic (exact) mass is 457 g/mol. The number of piperidine rings is 1. The summed E-state index contributed by atoms with van der Waals surface area (Å²) in [7, 11) is 0. The lowest BCUT2D eigenvalue weighted by molar-refractivity contribution is 0.0891. The Morgan fingerprint density at radius 2 is 1.76 bits per heavy atom. The zero-order valence-corrected chi connectivity index (χ0v) is 18.0. The van der Waals surface area contributed by atoms with Gasteiger partial charge in [-0.05, 0) is 56.2 Å². The first-order valence-corrected chi connectivity index (χ1v) is 10.7. The first-order chi connectivity index (χ1) is 14.2. The third-order valence-corrected chi connectivity index (χ3v) is 5.42. The molecule has 2 heterocycles. The highest BCUT2D eigenvalue weighted by atomic mass is 79.9. The minimum atomic E-state index is 0.189. The van der Waals surface area contributed by atoms with E-state index < -0.39 is 0 Å². The predicted molar refractivity (Wildman–Crippen MR) is 114 cm³/mol. The van der Waals surface area contributed by atoms with Crippen molar-refractivity contribution in [3.63, 3.8) is 0 Å². The van der Waals surface area contributed by atoms with Gasteiger partial charge in [0.1, 0.15) is 6.10 Å². The Hall–Kier alpha value is -2.38. The summed E-state index contributed by atoms with van der Waals surface area (Å²) < 4.78 is 18.7. The van der Waals surface area contributed by atoms with Gasteiger partial charge in [0, 0.05) is 23.1 Å². The maximum atomic E-state index is 6.20. The van der Waals surface area contributed by atoms with Crippen molar-refractivity contribution in [2.45, 2.75) is 32.4 Å². The van der Waals surface area contributed by atoms with Gasteiger partial charge in [-0.1, -0.05) is 28.1 Å². The van der Waals surface area contributed by atoms with Gasteiger partial charge in [-0.25, -0.2) is 0 Å². The van der Waals surface area contributed by atoms with Gasteiger partial charge >= 0.3 is 0 Å². The topological polar surface area (TPSA) is 60.6 Å². The molecule has 29 heavy (non-hydrogen) atoms. The minimum Gasteiger partial charge on any atom is -0.490 e. The molecule has 6 nitrogen and oxygen atoms in total. The number of hydrogen-bond donors (Lipinski definition) is 0. The normalized spacial score (nSPS) is 15.4.